The molecule has 0 fully saturated rings. The third-order valence-corrected chi connectivity index (χ3v) is 4.78. The van der Waals surface area contributed by atoms with Gasteiger partial charge in [-0.05, 0) is 43.0 Å². The molecule has 0 spiro atoms. The Labute approximate surface area is 179 Å². The summed E-state index contributed by atoms with van der Waals surface area (Å²) < 4.78 is 13.6. The number of benzene rings is 3. The van der Waals surface area contributed by atoms with Gasteiger partial charge in [-0.2, -0.15) is 0 Å². The van der Waals surface area contributed by atoms with Crippen LogP contribution in [-0.2, 0) is 20.7 Å². The summed E-state index contributed by atoms with van der Waals surface area (Å²) >= 11 is 0. The summed E-state index contributed by atoms with van der Waals surface area (Å²) in [6, 6.07) is 22.5. The zero-order valence-electron chi connectivity index (χ0n) is 17.3. The third-order valence-electron chi connectivity index (χ3n) is 4.78. The van der Waals surface area contributed by atoms with E-state index in [1.54, 1.807) is 21.3 Å². The van der Waals surface area contributed by atoms with Gasteiger partial charge in [0.1, 0.15) is 21.6 Å². The fourth-order valence-electron chi connectivity index (χ4n) is 3.57. The van der Waals surface area contributed by atoms with Gasteiger partial charge in [0.25, 0.3) is 0 Å². The van der Waals surface area contributed by atoms with Crippen molar-refractivity contribution in [1.29, 1.82) is 0 Å². The molecule has 0 aliphatic heterocycles. The smallest absolute Gasteiger partial charge is 0.321 e. The number of ketones is 1. The van der Waals surface area contributed by atoms with Gasteiger partial charge in [0.05, 0.1) is 0 Å². The number of esters is 1. The minimum absolute atomic E-state index is 0.141. The van der Waals surface area contributed by atoms with Crippen molar-refractivity contribution in [2.24, 2.45) is 0 Å². The van der Waals surface area contributed by atoms with E-state index in [1.165, 1.54) is 0 Å². The Kier molecular flexibility index (Phi) is 8.64. The van der Waals surface area contributed by atoms with Crippen LogP contribution in [0.1, 0.15) is 44.1 Å². The number of hydrogen-bond acceptors (Lipinski definition) is 4. The molecule has 3 rings (SSSR count). The van der Waals surface area contributed by atoms with Crippen molar-refractivity contribution in [3.8, 4) is 0 Å². The van der Waals surface area contributed by atoms with E-state index in [-0.39, 0.29) is 12.4 Å². The van der Waals surface area contributed by atoms with Gasteiger partial charge in [-0.25, -0.2) is 0 Å². The molecule has 4 nitrogen and oxygen atoms in total. The minimum Gasteiger partial charge on any atom is -0.460 e. The van der Waals surface area contributed by atoms with E-state index < -0.39 is 11.9 Å². The van der Waals surface area contributed by atoms with Crippen LogP contribution in [0.4, 0.5) is 0 Å². The molecule has 0 saturated heterocycles. The molecule has 30 heavy (non-hydrogen) atoms. The monoisotopic (exact) mass is 420 g/mol. The predicted molar refractivity (Wildman–Crippen MR) is 119 cm³/mol. The fourth-order valence-corrected chi connectivity index (χ4v) is 3.57. The summed E-state index contributed by atoms with van der Waals surface area (Å²) in [4.78, 5) is 26.4. The molecule has 5 heteroatoms. The minimum atomic E-state index is -0.981. The van der Waals surface area contributed by atoms with Crippen molar-refractivity contribution >= 4 is 20.9 Å². The van der Waals surface area contributed by atoms with Gasteiger partial charge >= 0.3 is 5.97 Å². The van der Waals surface area contributed by atoms with Gasteiger partial charge in [0, 0.05) is 5.56 Å². The summed E-state index contributed by atoms with van der Waals surface area (Å²) in [5.41, 5.74) is 4.96. The molecule has 0 aliphatic rings. The molecule has 1 unspecified atom stereocenters. The van der Waals surface area contributed by atoms with Gasteiger partial charge in [0.15, 0.2) is 5.78 Å². The predicted octanol–water partition coefficient (Wildman–Crippen LogP) is 5.80. The number of ether oxygens (including phenoxy) is 1. The van der Waals surface area contributed by atoms with Crippen LogP contribution in [0.3, 0.4) is 0 Å². The maximum Gasteiger partial charge on any atom is 0.321 e. The lowest BCUT2D eigenvalue weighted by atomic mass is 9.86. The summed E-state index contributed by atoms with van der Waals surface area (Å²) in [7, 11) is 1.72. The van der Waals surface area contributed by atoms with E-state index in [9.17, 15) is 9.59 Å². The topological polar surface area (TPSA) is 60.4 Å². The standard InChI is InChI=1S/C25H24O3.HOP/c1-17-14-18(2)22(19(3)15-17)24(26)23(21-12-8-5-9-13-21)25(27)28-16-20-10-6-4-7-11-20;1-2/h4-15,23H,16H2,1-3H3;2H. The maximum absolute atomic E-state index is 13.5. The Balaban J connectivity index is 0.00000155. The lowest BCUT2D eigenvalue weighted by Gasteiger charge is -2.18. The quantitative estimate of drug-likeness (QED) is 0.219. The average molecular weight is 420 g/mol. The van der Waals surface area contributed by atoms with Crippen LogP contribution in [0.5, 0.6) is 0 Å². The number of hydrogen-bond donors (Lipinski definition) is 0. The SMILES string of the molecule is Cc1cc(C)c(C(=O)C(C(=O)OCc2ccccc2)c2ccccc2)c(C)c1.O=P. The van der Waals surface area contributed by atoms with Gasteiger partial charge in [-0.1, -0.05) is 78.4 Å². The Morgan fingerprint density at radius 1 is 0.833 bits per heavy atom. The molecular formula is C25H25O4P. The molecule has 0 aromatic heterocycles. The zero-order chi connectivity index (χ0) is 22.1. The number of Topliss-reactive ketones (excluding diaryl/α,β-unsaturated/α-hetero) is 1. The molecule has 0 N–H and O–H groups in total. The summed E-state index contributed by atoms with van der Waals surface area (Å²) in [5.74, 6) is -1.73. The van der Waals surface area contributed by atoms with E-state index in [0.29, 0.717) is 11.1 Å². The van der Waals surface area contributed by atoms with Gasteiger partial charge < -0.3 is 4.74 Å². The number of rotatable bonds is 6. The first-order chi connectivity index (χ1) is 14.5. The summed E-state index contributed by atoms with van der Waals surface area (Å²) in [5, 5.41) is 0. The van der Waals surface area contributed by atoms with E-state index in [1.807, 2.05) is 81.4 Å². The molecular weight excluding hydrogens is 395 g/mol. The zero-order valence-corrected chi connectivity index (χ0v) is 18.3. The first kappa shape index (κ1) is 23.2. The molecule has 0 amide bonds. The largest absolute Gasteiger partial charge is 0.460 e. The van der Waals surface area contributed by atoms with E-state index in [4.69, 9.17) is 9.30 Å². The average Bonchev–Trinajstić information content (AvgIpc) is 2.75. The Morgan fingerprint density at radius 3 is 1.87 bits per heavy atom. The highest BCUT2D eigenvalue weighted by molar-refractivity contribution is 7.00. The lowest BCUT2D eigenvalue weighted by Crippen LogP contribution is -2.25. The molecule has 3 aromatic carbocycles. The second-order valence-corrected chi connectivity index (χ2v) is 7.07. The van der Waals surface area contributed by atoms with Gasteiger partial charge in [-0.15, -0.1) is 0 Å². The normalized spacial score (nSPS) is 11.0. The van der Waals surface area contributed by atoms with Crippen molar-refractivity contribution in [2.45, 2.75) is 33.3 Å². The van der Waals surface area contributed by atoms with Crippen LogP contribution in [0.25, 0.3) is 0 Å². The molecule has 3 aromatic rings. The Bertz CT molecular complexity index is 977. The van der Waals surface area contributed by atoms with Crippen LogP contribution in [-0.4, -0.2) is 11.8 Å². The van der Waals surface area contributed by atoms with Gasteiger partial charge in [-0.3, -0.25) is 14.2 Å². The highest BCUT2D eigenvalue weighted by Gasteiger charge is 2.32. The van der Waals surface area contributed by atoms with Crippen LogP contribution >= 0.6 is 9.12 Å². The van der Waals surface area contributed by atoms with E-state index >= 15 is 0 Å². The molecule has 154 valence electrons. The van der Waals surface area contributed by atoms with Crippen LogP contribution < -0.4 is 0 Å². The Hall–Kier alpha value is -3.10. The second kappa shape index (κ2) is 11.2. The molecule has 0 radical (unpaired) electrons. The summed E-state index contributed by atoms with van der Waals surface area (Å²) in [6.07, 6.45) is 0. The van der Waals surface area contributed by atoms with Crippen molar-refractivity contribution in [3.05, 3.63) is 106 Å². The van der Waals surface area contributed by atoms with E-state index in [2.05, 4.69) is 0 Å². The second-order valence-electron chi connectivity index (χ2n) is 7.07. The van der Waals surface area contributed by atoms with Crippen LogP contribution in [0.15, 0.2) is 72.8 Å². The molecule has 1 atom stereocenters. The molecule has 0 saturated carbocycles. The van der Waals surface area contributed by atoms with Crippen molar-refractivity contribution in [2.75, 3.05) is 0 Å². The summed E-state index contributed by atoms with van der Waals surface area (Å²) in [6.45, 7) is 5.95. The van der Waals surface area contributed by atoms with E-state index in [0.717, 1.165) is 22.3 Å². The number of aryl methyl sites for hydroxylation is 3. The van der Waals surface area contributed by atoms with Crippen LogP contribution in [0.2, 0.25) is 0 Å². The molecule has 0 aliphatic carbocycles. The fraction of sp³-hybridized carbons (Fsp3) is 0.200. The molecule has 0 heterocycles. The highest BCUT2D eigenvalue weighted by atomic mass is 31.0. The van der Waals surface area contributed by atoms with Crippen LogP contribution in [0, 0.1) is 20.8 Å². The number of carbonyl (C=O) groups excluding carboxylic acids is 2. The van der Waals surface area contributed by atoms with Crippen molar-refractivity contribution in [3.63, 3.8) is 0 Å². The van der Waals surface area contributed by atoms with Crippen molar-refractivity contribution < 1.29 is 18.9 Å². The van der Waals surface area contributed by atoms with Gasteiger partial charge in [0.2, 0.25) is 0 Å². The first-order valence-electron chi connectivity index (χ1n) is 9.55. The molecule has 0 bridgehead atoms. The third kappa shape index (κ3) is 5.71. The highest BCUT2D eigenvalue weighted by Crippen LogP contribution is 2.27. The lowest BCUT2D eigenvalue weighted by molar-refractivity contribution is -0.145. The first-order valence-corrected chi connectivity index (χ1v) is 9.96. The maximum atomic E-state index is 13.5. The number of carbonyl (C=O) groups is 2. The van der Waals surface area contributed by atoms with Crippen molar-refractivity contribution in [1.82, 2.24) is 0 Å². The Morgan fingerprint density at radius 2 is 1.33 bits per heavy atom.